The van der Waals surface area contributed by atoms with E-state index in [-0.39, 0.29) is 11.8 Å². The summed E-state index contributed by atoms with van der Waals surface area (Å²) in [5.41, 5.74) is 6.05. The van der Waals surface area contributed by atoms with Crippen LogP contribution >= 0.6 is 0 Å². The van der Waals surface area contributed by atoms with Gasteiger partial charge in [-0.05, 0) is 60.4 Å². The van der Waals surface area contributed by atoms with Crippen LogP contribution in [-0.4, -0.2) is 36.7 Å². The zero-order chi connectivity index (χ0) is 20.9. The number of amides is 1. The smallest absolute Gasteiger partial charge is 0.227 e. The van der Waals surface area contributed by atoms with Crippen LogP contribution in [0.5, 0.6) is 0 Å². The molecule has 0 spiro atoms. The Morgan fingerprint density at radius 2 is 1.87 bits per heavy atom. The highest BCUT2D eigenvalue weighted by Gasteiger charge is 2.23. The number of hydrogen-bond donors (Lipinski definition) is 0. The van der Waals surface area contributed by atoms with Crippen molar-refractivity contribution < 1.29 is 4.79 Å². The second kappa shape index (κ2) is 9.29. The maximum atomic E-state index is 13.5. The van der Waals surface area contributed by atoms with Crippen molar-refractivity contribution in [3.63, 3.8) is 0 Å². The number of anilines is 1. The third-order valence-corrected chi connectivity index (χ3v) is 6.15. The molecule has 0 fully saturated rings. The molecule has 30 heavy (non-hydrogen) atoms. The largest absolute Gasteiger partial charge is 0.374 e. The van der Waals surface area contributed by atoms with E-state index in [2.05, 4.69) is 47.1 Å². The summed E-state index contributed by atoms with van der Waals surface area (Å²) in [4.78, 5) is 22.1. The second-order valence-electron chi connectivity index (χ2n) is 8.56. The Morgan fingerprint density at radius 1 is 1.10 bits per heavy atom. The van der Waals surface area contributed by atoms with Crippen LogP contribution in [-0.2, 0) is 17.6 Å². The van der Waals surface area contributed by atoms with Gasteiger partial charge in [0.25, 0.3) is 0 Å². The van der Waals surface area contributed by atoms with Crippen LogP contribution in [0.15, 0.2) is 65.9 Å². The Morgan fingerprint density at radius 3 is 2.63 bits per heavy atom. The molecule has 1 heterocycles. The molecule has 4 rings (SSSR count). The van der Waals surface area contributed by atoms with Crippen LogP contribution in [0, 0.1) is 0 Å². The van der Waals surface area contributed by atoms with Gasteiger partial charge in [0.2, 0.25) is 5.91 Å². The third-order valence-electron chi connectivity index (χ3n) is 6.15. The van der Waals surface area contributed by atoms with Crippen molar-refractivity contribution in [1.29, 1.82) is 0 Å². The zero-order valence-corrected chi connectivity index (χ0v) is 18.1. The molecule has 0 bridgehead atoms. The number of carbonyl (C=O) groups is 1. The molecule has 0 radical (unpaired) electrons. The molecule has 156 valence electrons. The summed E-state index contributed by atoms with van der Waals surface area (Å²) < 4.78 is 0. The molecule has 2 aromatic rings. The highest BCUT2D eigenvalue weighted by atomic mass is 16.2. The quantitative estimate of drug-likeness (QED) is 0.687. The Kier molecular flexibility index (Phi) is 6.32. The van der Waals surface area contributed by atoms with Crippen LogP contribution in [0.2, 0.25) is 0 Å². The number of fused-ring (bicyclic) bond motifs is 1. The SMILES string of the molecule is CC(CC(=O)N(CC1=NC=CN(C)C1)c1ccc2c(c1)CCCC2)c1ccccc1. The minimum atomic E-state index is 0.155. The molecular formula is C26H31N3O. The highest BCUT2D eigenvalue weighted by Crippen LogP contribution is 2.28. The fourth-order valence-corrected chi connectivity index (χ4v) is 4.39. The summed E-state index contributed by atoms with van der Waals surface area (Å²) in [6.07, 6.45) is 9.03. The normalized spacial score (nSPS) is 16.6. The average Bonchev–Trinajstić information content (AvgIpc) is 2.77. The molecule has 0 saturated carbocycles. The molecule has 0 saturated heterocycles. The lowest BCUT2D eigenvalue weighted by Crippen LogP contribution is -2.40. The van der Waals surface area contributed by atoms with Crippen molar-refractivity contribution in [2.45, 2.75) is 44.9 Å². The highest BCUT2D eigenvalue weighted by molar-refractivity contribution is 6.02. The van der Waals surface area contributed by atoms with E-state index in [1.165, 1.54) is 29.5 Å². The van der Waals surface area contributed by atoms with Gasteiger partial charge in [0.15, 0.2) is 0 Å². The van der Waals surface area contributed by atoms with Crippen molar-refractivity contribution >= 4 is 17.3 Å². The van der Waals surface area contributed by atoms with Crippen molar-refractivity contribution in [2.24, 2.45) is 4.99 Å². The fourth-order valence-electron chi connectivity index (χ4n) is 4.39. The number of benzene rings is 2. The van der Waals surface area contributed by atoms with E-state index in [9.17, 15) is 4.79 Å². The molecule has 4 heteroatoms. The van der Waals surface area contributed by atoms with Gasteiger partial charge in [-0.25, -0.2) is 0 Å². The summed E-state index contributed by atoms with van der Waals surface area (Å²) in [6.45, 7) is 3.42. The average molecular weight is 402 g/mol. The summed E-state index contributed by atoms with van der Waals surface area (Å²) in [5.74, 6) is 0.330. The first kappa shape index (κ1) is 20.4. The molecular weight excluding hydrogens is 370 g/mol. The van der Waals surface area contributed by atoms with E-state index in [4.69, 9.17) is 0 Å². The molecule has 1 atom stereocenters. The Hall–Kier alpha value is -2.88. The molecule has 1 unspecified atom stereocenters. The number of rotatable bonds is 6. The molecule has 0 aromatic heterocycles. The fraction of sp³-hybridized carbons (Fsp3) is 0.385. The van der Waals surface area contributed by atoms with Crippen LogP contribution in [0.25, 0.3) is 0 Å². The molecule has 0 N–H and O–H groups in total. The second-order valence-corrected chi connectivity index (χ2v) is 8.56. The van der Waals surface area contributed by atoms with Crippen molar-refractivity contribution in [1.82, 2.24) is 4.90 Å². The third kappa shape index (κ3) is 4.81. The first-order chi connectivity index (χ1) is 14.6. The van der Waals surface area contributed by atoms with Gasteiger partial charge in [-0.1, -0.05) is 43.3 Å². The van der Waals surface area contributed by atoms with Crippen LogP contribution < -0.4 is 4.90 Å². The first-order valence-electron chi connectivity index (χ1n) is 11.0. The van der Waals surface area contributed by atoms with Gasteiger partial charge in [0.05, 0.1) is 18.8 Å². The van der Waals surface area contributed by atoms with E-state index in [1.54, 1.807) is 0 Å². The van der Waals surface area contributed by atoms with Gasteiger partial charge in [-0.3, -0.25) is 9.79 Å². The number of aliphatic imine (C=N–C) groups is 1. The van der Waals surface area contributed by atoms with Gasteiger partial charge in [0, 0.05) is 31.6 Å². The summed E-state index contributed by atoms with van der Waals surface area (Å²) >= 11 is 0. The van der Waals surface area contributed by atoms with E-state index in [1.807, 2.05) is 42.5 Å². The molecule has 2 aliphatic rings. The summed E-state index contributed by atoms with van der Waals surface area (Å²) in [5, 5.41) is 0. The topological polar surface area (TPSA) is 35.9 Å². The number of aryl methyl sites for hydroxylation is 2. The van der Waals surface area contributed by atoms with Gasteiger partial charge in [-0.2, -0.15) is 0 Å². The summed E-state index contributed by atoms with van der Waals surface area (Å²) in [6, 6.07) is 16.9. The van der Waals surface area contributed by atoms with Gasteiger partial charge in [0.1, 0.15) is 0 Å². The van der Waals surface area contributed by atoms with E-state index < -0.39 is 0 Å². The lowest BCUT2D eigenvalue weighted by atomic mass is 9.91. The lowest BCUT2D eigenvalue weighted by molar-refractivity contribution is -0.118. The standard InChI is InChI=1S/C26H31N3O/c1-20(21-8-4-3-5-9-21)16-26(30)29(19-24-18-28(2)15-14-27-24)25-13-12-22-10-6-7-11-23(22)17-25/h3-5,8-9,12-15,17,20H,6-7,10-11,16,18-19H2,1-2H3. The Labute approximate surface area is 179 Å². The van der Waals surface area contributed by atoms with Crippen molar-refractivity contribution in [3.05, 3.63) is 77.6 Å². The molecule has 1 amide bonds. The molecule has 1 aliphatic carbocycles. The maximum Gasteiger partial charge on any atom is 0.227 e. The minimum Gasteiger partial charge on any atom is -0.374 e. The summed E-state index contributed by atoms with van der Waals surface area (Å²) in [7, 11) is 2.04. The predicted molar refractivity (Wildman–Crippen MR) is 124 cm³/mol. The van der Waals surface area contributed by atoms with E-state index >= 15 is 0 Å². The zero-order valence-electron chi connectivity index (χ0n) is 18.1. The van der Waals surface area contributed by atoms with E-state index in [0.29, 0.717) is 13.0 Å². The van der Waals surface area contributed by atoms with Gasteiger partial charge < -0.3 is 9.80 Å². The maximum absolute atomic E-state index is 13.5. The minimum absolute atomic E-state index is 0.155. The Balaban J connectivity index is 1.59. The van der Waals surface area contributed by atoms with Crippen molar-refractivity contribution in [3.8, 4) is 0 Å². The Bertz CT molecular complexity index is 948. The van der Waals surface area contributed by atoms with Gasteiger partial charge in [-0.15, -0.1) is 0 Å². The molecule has 2 aromatic carbocycles. The first-order valence-corrected chi connectivity index (χ1v) is 11.0. The lowest BCUT2D eigenvalue weighted by Gasteiger charge is -2.29. The monoisotopic (exact) mass is 401 g/mol. The number of nitrogens with zero attached hydrogens (tertiary/aromatic N) is 3. The van der Waals surface area contributed by atoms with E-state index in [0.717, 1.165) is 30.8 Å². The van der Waals surface area contributed by atoms with Crippen LogP contribution in [0.1, 0.15) is 48.8 Å². The van der Waals surface area contributed by atoms with Gasteiger partial charge >= 0.3 is 0 Å². The number of carbonyl (C=O) groups excluding carboxylic acids is 1. The van der Waals surface area contributed by atoms with Crippen LogP contribution in [0.3, 0.4) is 0 Å². The van der Waals surface area contributed by atoms with Crippen LogP contribution in [0.4, 0.5) is 5.69 Å². The molecule has 1 aliphatic heterocycles. The van der Waals surface area contributed by atoms with Crippen molar-refractivity contribution in [2.75, 3.05) is 25.0 Å². The number of hydrogen-bond acceptors (Lipinski definition) is 3. The molecule has 4 nitrogen and oxygen atoms in total. The predicted octanol–water partition coefficient (Wildman–Crippen LogP) is 4.95.